The summed E-state index contributed by atoms with van der Waals surface area (Å²) < 4.78 is 6.31. The SMILES string of the molecule is O=[N+]([O-])c1cc(Cl)ccc1Oc1ccc(CBr)cc1Br. The number of benzene rings is 2. The number of hydrogen-bond acceptors (Lipinski definition) is 3. The average molecular weight is 421 g/mol. The van der Waals surface area contributed by atoms with Crippen LogP contribution in [-0.2, 0) is 5.33 Å². The molecular weight excluding hydrogens is 413 g/mol. The molecule has 0 atom stereocenters. The molecule has 0 radical (unpaired) electrons. The van der Waals surface area contributed by atoms with Crippen molar-refractivity contribution >= 4 is 49.1 Å². The first-order chi connectivity index (χ1) is 9.51. The van der Waals surface area contributed by atoms with Crippen LogP contribution in [0, 0.1) is 10.1 Å². The molecule has 0 aliphatic carbocycles. The number of nitro groups is 1. The van der Waals surface area contributed by atoms with Crippen molar-refractivity contribution in [2.75, 3.05) is 0 Å². The Balaban J connectivity index is 2.37. The second-order valence-electron chi connectivity index (χ2n) is 3.87. The summed E-state index contributed by atoms with van der Waals surface area (Å²) in [7, 11) is 0. The largest absolute Gasteiger partial charge is 0.449 e. The fourth-order valence-electron chi connectivity index (χ4n) is 1.55. The fraction of sp³-hybridized carbons (Fsp3) is 0.0769. The van der Waals surface area contributed by atoms with Crippen LogP contribution < -0.4 is 4.74 Å². The van der Waals surface area contributed by atoms with Gasteiger partial charge in [0.25, 0.3) is 0 Å². The summed E-state index contributed by atoms with van der Waals surface area (Å²) in [5, 5.41) is 12.0. The van der Waals surface area contributed by atoms with Gasteiger partial charge in [0.15, 0.2) is 0 Å². The van der Waals surface area contributed by atoms with Gasteiger partial charge in [-0.15, -0.1) is 0 Å². The van der Waals surface area contributed by atoms with E-state index in [1.54, 1.807) is 12.1 Å². The van der Waals surface area contributed by atoms with Gasteiger partial charge in [-0.05, 0) is 45.8 Å². The second-order valence-corrected chi connectivity index (χ2v) is 5.72. The first kappa shape index (κ1) is 15.3. The molecule has 0 N–H and O–H groups in total. The summed E-state index contributed by atoms with van der Waals surface area (Å²) in [5.41, 5.74) is 0.892. The molecule has 104 valence electrons. The minimum absolute atomic E-state index is 0.145. The maximum Gasteiger partial charge on any atom is 0.313 e. The number of ether oxygens (including phenoxy) is 1. The van der Waals surface area contributed by atoms with Crippen molar-refractivity contribution in [3.05, 3.63) is 61.6 Å². The molecule has 0 aliphatic heterocycles. The predicted molar refractivity (Wildman–Crippen MR) is 85.0 cm³/mol. The highest BCUT2D eigenvalue weighted by atomic mass is 79.9. The zero-order valence-electron chi connectivity index (χ0n) is 9.98. The van der Waals surface area contributed by atoms with Crippen molar-refractivity contribution in [1.82, 2.24) is 0 Å². The van der Waals surface area contributed by atoms with Gasteiger partial charge < -0.3 is 4.74 Å². The predicted octanol–water partition coefficient (Wildman–Crippen LogP) is 5.70. The van der Waals surface area contributed by atoms with E-state index in [0.29, 0.717) is 11.1 Å². The van der Waals surface area contributed by atoms with Crippen molar-refractivity contribution in [1.29, 1.82) is 0 Å². The molecule has 2 rings (SSSR count). The van der Waals surface area contributed by atoms with Gasteiger partial charge >= 0.3 is 5.69 Å². The van der Waals surface area contributed by atoms with E-state index in [1.165, 1.54) is 12.1 Å². The van der Waals surface area contributed by atoms with E-state index in [4.69, 9.17) is 16.3 Å². The van der Waals surface area contributed by atoms with E-state index in [0.717, 1.165) is 10.0 Å². The lowest BCUT2D eigenvalue weighted by molar-refractivity contribution is -0.385. The van der Waals surface area contributed by atoms with Gasteiger partial charge in [0, 0.05) is 16.4 Å². The summed E-state index contributed by atoms with van der Waals surface area (Å²) >= 11 is 12.5. The number of nitrogens with zero attached hydrogens (tertiary/aromatic N) is 1. The van der Waals surface area contributed by atoms with Crippen LogP contribution in [0.2, 0.25) is 5.02 Å². The lowest BCUT2D eigenvalue weighted by Crippen LogP contribution is -1.94. The van der Waals surface area contributed by atoms with Gasteiger partial charge in [0.05, 0.1) is 9.40 Å². The molecule has 20 heavy (non-hydrogen) atoms. The molecule has 0 bridgehead atoms. The zero-order valence-corrected chi connectivity index (χ0v) is 13.9. The number of rotatable bonds is 4. The van der Waals surface area contributed by atoms with E-state index in [2.05, 4.69) is 31.9 Å². The lowest BCUT2D eigenvalue weighted by Gasteiger charge is -2.09. The number of hydrogen-bond donors (Lipinski definition) is 0. The van der Waals surface area contributed by atoms with E-state index < -0.39 is 4.92 Å². The van der Waals surface area contributed by atoms with Crippen LogP contribution in [0.15, 0.2) is 40.9 Å². The van der Waals surface area contributed by atoms with Crippen molar-refractivity contribution in [2.45, 2.75) is 5.33 Å². The Labute approximate surface area is 137 Å². The fourth-order valence-corrected chi connectivity index (χ4v) is 2.57. The topological polar surface area (TPSA) is 52.4 Å². The molecule has 0 amide bonds. The van der Waals surface area contributed by atoms with Gasteiger partial charge in [0.2, 0.25) is 5.75 Å². The van der Waals surface area contributed by atoms with Crippen molar-refractivity contribution in [3.63, 3.8) is 0 Å². The van der Waals surface area contributed by atoms with Crippen molar-refractivity contribution in [3.8, 4) is 11.5 Å². The molecule has 2 aromatic carbocycles. The molecule has 0 saturated heterocycles. The first-order valence-corrected chi connectivity index (χ1v) is 7.76. The Morgan fingerprint density at radius 3 is 2.50 bits per heavy atom. The second kappa shape index (κ2) is 6.56. The third-order valence-electron chi connectivity index (χ3n) is 2.49. The lowest BCUT2D eigenvalue weighted by atomic mass is 10.2. The van der Waals surface area contributed by atoms with Crippen molar-refractivity contribution < 1.29 is 9.66 Å². The van der Waals surface area contributed by atoms with Crippen LogP contribution >= 0.6 is 43.5 Å². The molecule has 0 heterocycles. The molecule has 7 heteroatoms. The van der Waals surface area contributed by atoms with Crippen LogP contribution in [0.3, 0.4) is 0 Å². The van der Waals surface area contributed by atoms with Gasteiger partial charge in [-0.25, -0.2) is 0 Å². The summed E-state index contributed by atoms with van der Waals surface area (Å²) in [4.78, 5) is 10.5. The quantitative estimate of drug-likeness (QED) is 0.362. The molecule has 0 unspecified atom stereocenters. The maximum absolute atomic E-state index is 11.0. The van der Waals surface area contributed by atoms with E-state index in [-0.39, 0.29) is 16.5 Å². The molecule has 4 nitrogen and oxygen atoms in total. The van der Waals surface area contributed by atoms with Crippen LogP contribution in [0.1, 0.15) is 5.56 Å². The monoisotopic (exact) mass is 419 g/mol. The van der Waals surface area contributed by atoms with Crippen LogP contribution in [-0.4, -0.2) is 4.92 Å². The van der Waals surface area contributed by atoms with Crippen LogP contribution in [0.25, 0.3) is 0 Å². The third kappa shape index (κ3) is 3.50. The van der Waals surface area contributed by atoms with Gasteiger partial charge in [-0.3, -0.25) is 10.1 Å². The highest BCUT2D eigenvalue weighted by Crippen LogP contribution is 2.36. The maximum atomic E-state index is 11.0. The zero-order chi connectivity index (χ0) is 14.7. The van der Waals surface area contributed by atoms with E-state index in [9.17, 15) is 10.1 Å². The molecule has 0 saturated carbocycles. The molecule has 0 fully saturated rings. The Morgan fingerprint density at radius 2 is 1.90 bits per heavy atom. The molecular formula is C13H8Br2ClNO3. The molecule has 0 aromatic heterocycles. The Morgan fingerprint density at radius 1 is 1.20 bits per heavy atom. The third-order valence-corrected chi connectivity index (χ3v) is 3.99. The molecule has 2 aromatic rings. The van der Waals surface area contributed by atoms with Gasteiger partial charge in [-0.1, -0.05) is 33.6 Å². The molecule has 0 aliphatic rings. The minimum atomic E-state index is -0.526. The Bertz CT molecular complexity index is 664. The smallest absolute Gasteiger partial charge is 0.313 e. The normalized spacial score (nSPS) is 10.3. The highest BCUT2D eigenvalue weighted by Gasteiger charge is 2.17. The highest BCUT2D eigenvalue weighted by molar-refractivity contribution is 9.10. The van der Waals surface area contributed by atoms with E-state index >= 15 is 0 Å². The summed E-state index contributed by atoms with van der Waals surface area (Å²) in [6, 6.07) is 9.79. The van der Waals surface area contributed by atoms with Crippen molar-refractivity contribution in [2.24, 2.45) is 0 Å². The van der Waals surface area contributed by atoms with Crippen LogP contribution in [0.5, 0.6) is 11.5 Å². The van der Waals surface area contributed by atoms with Crippen LogP contribution in [0.4, 0.5) is 5.69 Å². The Kier molecular flexibility index (Phi) is 5.01. The summed E-state index contributed by atoms with van der Waals surface area (Å²) in [6.45, 7) is 0. The first-order valence-electron chi connectivity index (χ1n) is 5.47. The molecule has 0 spiro atoms. The number of alkyl halides is 1. The van der Waals surface area contributed by atoms with Gasteiger partial charge in [-0.2, -0.15) is 0 Å². The average Bonchev–Trinajstić information content (AvgIpc) is 2.42. The number of nitro benzene ring substituents is 1. The van der Waals surface area contributed by atoms with E-state index in [1.807, 2.05) is 12.1 Å². The number of halogens is 3. The Hall–Kier alpha value is -1.11. The minimum Gasteiger partial charge on any atom is -0.449 e. The summed E-state index contributed by atoms with van der Waals surface area (Å²) in [6.07, 6.45) is 0. The summed E-state index contributed by atoms with van der Waals surface area (Å²) in [5.74, 6) is 0.645. The standard InChI is InChI=1S/C13H8Br2ClNO3/c14-7-8-1-3-12(10(15)5-8)20-13-4-2-9(16)6-11(13)17(18)19/h1-6H,7H2. The van der Waals surface area contributed by atoms with Gasteiger partial charge in [0.1, 0.15) is 5.75 Å².